The largest absolute Gasteiger partial charge is 0.270 e. The SMILES string of the molecule is Cn1ncc(Cl)c1CSc1ccccc1. The Bertz CT molecular complexity index is 420. The Morgan fingerprint density at radius 2 is 2.07 bits per heavy atom. The number of benzene rings is 1. The molecule has 0 aliphatic rings. The number of rotatable bonds is 3. The highest BCUT2D eigenvalue weighted by molar-refractivity contribution is 7.98. The second-order valence-electron chi connectivity index (χ2n) is 3.16. The van der Waals surface area contributed by atoms with E-state index in [1.165, 1.54) is 4.90 Å². The summed E-state index contributed by atoms with van der Waals surface area (Å²) in [5.41, 5.74) is 1.06. The van der Waals surface area contributed by atoms with Crippen LogP contribution in [0, 0.1) is 0 Å². The summed E-state index contributed by atoms with van der Waals surface area (Å²) in [6, 6.07) is 10.3. The zero-order valence-corrected chi connectivity index (χ0v) is 9.92. The quantitative estimate of drug-likeness (QED) is 0.763. The topological polar surface area (TPSA) is 17.8 Å². The Morgan fingerprint density at radius 3 is 2.67 bits per heavy atom. The van der Waals surface area contributed by atoms with Gasteiger partial charge in [-0.1, -0.05) is 29.8 Å². The third-order valence-electron chi connectivity index (χ3n) is 2.13. The highest BCUT2D eigenvalue weighted by Gasteiger charge is 2.06. The van der Waals surface area contributed by atoms with Gasteiger partial charge in [0.15, 0.2) is 0 Å². The highest BCUT2D eigenvalue weighted by Crippen LogP contribution is 2.25. The minimum absolute atomic E-state index is 0.737. The van der Waals surface area contributed by atoms with Crippen LogP contribution >= 0.6 is 23.4 Å². The summed E-state index contributed by atoms with van der Waals surface area (Å²) in [6.07, 6.45) is 1.68. The normalized spacial score (nSPS) is 10.5. The molecule has 15 heavy (non-hydrogen) atoms. The van der Waals surface area contributed by atoms with Gasteiger partial charge in [0.25, 0.3) is 0 Å². The molecule has 2 nitrogen and oxygen atoms in total. The molecule has 1 aromatic carbocycles. The lowest BCUT2D eigenvalue weighted by molar-refractivity contribution is 0.736. The molecule has 0 radical (unpaired) electrons. The lowest BCUT2D eigenvalue weighted by atomic mass is 10.4. The first-order chi connectivity index (χ1) is 7.27. The molecule has 0 atom stereocenters. The molecule has 0 aliphatic carbocycles. The molecule has 4 heteroatoms. The summed E-state index contributed by atoms with van der Waals surface area (Å²) < 4.78 is 1.82. The number of thioether (sulfide) groups is 1. The van der Waals surface area contributed by atoms with E-state index in [4.69, 9.17) is 11.6 Å². The number of nitrogens with zero attached hydrogens (tertiary/aromatic N) is 2. The Balaban J connectivity index is 2.05. The van der Waals surface area contributed by atoms with E-state index in [0.29, 0.717) is 0 Å². The fraction of sp³-hybridized carbons (Fsp3) is 0.182. The molecule has 2 rings (SSSR count). The van der Waals surface area contributed by atoms with Gasteiger partial charge in [0.05, 0.1) is 16.9 Å². The number of hydrogen-bond acceptors (Lipinski definition) is 2. The van der Waals surface area contributed by atoms with Gasteiger partial charge in [0.2, 0.25) is 0 Å². The van der Waals surface area contributed by atoms with Crippen molar-refractivity contribution in [2.45, 2.75) is 10.6 Å². The number of aromatic nitrogens is 2. The maximum absolute atomic E-state index is 6.01. The number of aryl methyl sites for hydroxylation is 1. The molecule has 0 spiro atoms. The summed E-state index contributed by atoms with van der Waals surface area (Å²) in [6.45, 7) is 0. The second kappa shape index (κ2) is 4.73. The Kier molecular flexibility index (Phi) is 3.34. The molecule has 0 unspecified atom stereocenters. The maximum Gasteiger partial charge on any atom is 0.0826 e. The van der Waals surface area contributed by atoms with E-state index in [-0.39, 0.29) is 0 Å². The number of halogens is 1. The predicted octanol–water partition coefficient (Wildman–Crippen LogP) is 3.37. The first-order valence-electron chi connectivity index (χ1n) is 4.61. The zero-order valence-electron chi connectivity index (χ0n) is 8.35. The lowest BCUT2D eigenvalue weighted by Crippen LogP contribution is -1.96. The molecule has 0 bridgehead atoms. The van der Waals surface area contributed by atoms with E-state index in [0.717, 1.165) is 16.5 Å². The fourth-order valence-electron chi connectivity index (χ4n) is 1.27. The third kappa shape index (κ3) is 2.55. The summed E-state index contributed by atoms with van der Waals surface area (Å²) in [7, 11) is 1.91. The highest BCUT2D eigenvalue weighted by atomic mass is 35.5. The van der Waals surface area contributed by atoms with E-state index < -0.39 is 0 Å². The van der Waals surface area contributed by atoms with Crippen LogP contribution in [0.2, 0.25) is 5.02 Å². The minimum atomic E-state index is 0.737. The number of hydrogen-bond donors (Lipinski definition) is 0. The second-order valence-corrected chi connectivity index (χ2v) is 4.62. The Hall–Kier alpha value is -0.930. The molecule has 0 amide bonds. The van der Waals surface area contributed by atoms with Gasteiger partial charge in [-0.3, -0.25) is 4.68 Å². The summed E-state index contributed by atoms with van der Waals surface area (Å²) in [5, 5.41) is 4.84. The van der Waals surface area contributed by atoms with Gasteiger partial charge in [0, 0.05) is 17.7 Å². The van der Waals surface area contributed by atoms with Crippen LogP contribution in [0.25, 0.3) is 0 Å². The van der Waals surface area contributed by atoms with Crippen molar-refractivity contribution in [3.63, 3.8) is 0 Å². The van der Waals surface area contributed by atoms with Crippen LogP contribution in [0.3, 0.4) is 0 Å². The van der Waals surface area contributed by atoms with E-state index in [1.807, 2.05) is 29.9 Å². The molecule has 2 aromatic rings. The van der Waals surface area contributed by atoms with E-state index in [9.17, 15) is 0 Å². The van der Waals surface area contributed by atoms with Gasteiger partial charge in [-0.15, -0.1) is 11.8 Å². The monoisotopic (exact) mass is 238 g/mol. The van der Waals surface area contributed by atoms with Crippen molar-refractivity contribution in [2.24, 2.45) is 7.05 Å². The lowest BCUT2D eigenvalue weighted by Gasteiger charge is -2.02. The van der Waals surface area contributed by atoms with Gasteiger partial charge in [-0.05, 0) is 12.1 Å². The molecule has 0 N–H and O–H groups in total. The summed E-state index contributed by atoms with van der Waals surface area (Å²) in [5.74, 6) is 0.847. The van der Waals surface area contributed by atoms with E-state index in [1.54, 1.807) is 18.0 Å². The van der Waals surface area contributed by atoms with Crippen LogP contribution < -0.4 is 0 Å². The van der Waals surface area contributed by atoms with Crippen molar-refractivity contribution < 1.29 is 0 Å². The van der Waals surface area contributed by atoms with Crippen LogP contribution in [-0.4, -0.2) is 9.78 Å². The Morgan fingerprint density at radius 1 is 1.33 bits per heavy atom. The van der Waals surface area contributed by atoms with Crippen LogP contribution in [0.15, 0.2) is 41.4 Å². The predicted molar refractivity (Wildman–Crippen MR) is 64.2 cm³/mol. The molecule has 0 aliphatic heterocycles. The van der Waals surface area contributed by atoms with E-state index in [2.05, 4.69) is 17.2 Å². The average Bonchev–Trinajstić information content (AvgIpc) is 2.58. The van der Waals surface area contributed by atoms with Gasteiger partial charge in [-0.2, -0.15) is 5.10 Å². The van der Waals surface area contributed by atoms with Crippen molar-refractivity contribution in [3.05, 3.63) is 47.2 Å². The molecular formula is C11H11ClN2S. The van der Waals surface area contributed by atoms with Crippen molar-refractivity contribution in [1.29, 1.82) is 0 Å². The van der Waals surface area contributed by atoms with Crippen molar-refractivity contribution in [3.8, 4) is 0 Å². The molecular weight excluding hydrogens is 228 g/mol. The van der Waals surface area contributed by atoms with Gasteiger partial charge in [0.1, 0.15) is 0 Å². The first kappa shape index (κ1) is 10.6. The molecule has 0 saturated heterocycles. The molecule has 0 fully saturated rings. The summed E-state index contributed by atoms with van der Waals surface area (Å²) in [4.78, 5) is 1.25. The summed E-state index contributed by atoms with van der Waals surface area (Å²) >= 11 is 7.78. The zero-order chi connectivity index (χ0) is 10.7. The first-order valence-corrected chi connectivity index (χ1v) is 5.98. The molecule has 1 aromatic heterocycles. The van der Waals surface area contributed by atoms with Gasteiger partial charge >= 0.3 is 0 Å². The minimum Gasteiger partial charge on any atom is -0.270 e. The molecule has 78 valence electrons. The maximum atomic E-state index is 6.01. The molecule has 1 heterocycles. The van der Waals surface area contributed by atoms with Crippen LogP contribution in [0.4, 0.5) is 0 Å². The Labute approximate surface area is 98.3 Å². The smallest absolute Gasteiger partial charge is 0.0826 e. The third-order valence-corrected chi connectivity index (χ3v) is 3.47. The van der Waals surface area contributed by atoms with Crippen molar-refractivity contribution in [1.82, 2.24) is 9.78 Å². The van der Waals surface area contributed by atoms with Crippen molar-refractivity contribution in [2.75, 3.05) is 0 Å². The van der Waals surface area contributed by atoms with Crippen LogP contribution in [-0.2, 0) is 12.8 Å². The van der Waals surface area contributed by atoms with E-state index >= 15 is 0 Å². The van der Waals surface area contributed by atoms with Crippen molar-refractivity contribution >= 4 is 23.4 Å². The fourth-order valence-corrected chi connectivity index (χ4v) is 2.57. The average molecular weight is 239 g/mol. The standard InChI is InChI=1S/C11H11ClN2S/c1-14-11(10(12)7-13-14)8-15-9-5-3-2-4-6-9/h2-7H,8H2,1H3. The van der Waals surface area contributed by atoms with Crippen LogP contribution in [0.1, 0.15) is 5.69 Å². The van der Waals surface area contributed by atoms with Crippen LogP contribution in [0.5, 0.6) is 0 Å². The molecule has 0 saturated carbocycles. The van der Waals surface area contributed by atoms with Gasteiger partial charge in [-0.25, -0.2) is 0 Å². The van der Waals surface area contributed by atoms with Gasteiger partial charge < -0.3 is 0 Å².